The van der Waals surface area contributed by atoms with E-state index in [0.29, 0.717) is 35.9 Å². The molecule has 124 valence electrons. The van der Waals surface area contributed by atoms with Crippen molar-refractivity contribution in [3.05, 3.63) is 52.6 Å². The predicted octanol–water partition coefficient (Wildman–Crippen LogP) is 3.80. The first kappa shape index (κ1) is 15.2. The molecule has 0 aliphatic heterocycles. The molecule has 2 N–H and O–H groups in total. The molecule has 5 nitrogen and oxygen atoms in total. The van der Waals surface area contributed by atoms with Crippen LogP contribution < -0.4 is 5.32 Å². The topological polar surface area (TPSA) is 70.9 Å². The van der Waals surface area contributed by atoms with Crippen LogP contribution in [0.4, 0.5) is 4.39 Å². The SMILES string of the molecule is O=C(NCCc1c[nH]c2cc(F)c(Cl)cc12)c1ncoc1C1CC1. The number of fused-ring (bicyclic) bond motifs is 1. The smallest absolute Gasteiger partial charge is 0.273 e. The highest BCUT2D eigenvalue weighted by Gasteiger charge is 2.32. The van der Waals surface area contributed by atoms with Gasteiger partial charge in [-0.2, -0.15) is 0 Å². The molecule has 1 aliphatic rings. The zero-order valence-electron chi connectivity index (χ0n) is 12.7. The van der Waals surface area contributed by atoms with Gasteiger partial charge in [-0.1, -0.05) is 11.6 Å². The van der Waals surface area contributed by atoms with Crippen LogP contribution in [0.15, 0.2) is 29.1 Å². The number of carbonyl (C=O) groups excluding carboxylic acids is 1. The van der Waals surface area contributed by atoms with Crippen LogP contribution in [0.1, 0.15) is 40.6 Å². The average Bonchev–Trinajstić information content (AvgIpc) is 3.17. The maximum Gasteiger partial charge on any atom is 0.273 e. The first-order valence-electron chi connectivity index (χ1n) is 7.80. The van der Waals surface area contributed by atoms with E-state index in [4.69, 9.17) is 16.0 Å². The number of benzene rings is 1. The third kappa shape index (κ3) is 2.78. The van der Waals surface area contributed by atoms with Crippen LogP contribution in [0.3, 0.4) is 0 Å². The Labute approximate surface area is 142 Å². The number of carbonyl (C=O) groups is 1. The summed E-state index contributed by atoms with van der Waals surface area (Å²) in [6, 6.07) is 2.97. The van der Waals surface area contributed by atoms with Crippen LogP contribution in [-0.2, 0) is 6.42 Å². The maximum absolute atomic E-state index is 13.5. The molecule has 0 saturated heterocycles. The third-order valence-corrected chi connectivity index (χ3v) is 4.54. The van der Waals surface area contributed by atoms with E-state index in [1.807, 2.05) is 0 Å². The van der Waals surface area contributed by atoms with Gasteiger partial charge in [0.25, 0.3) is 5.91 Å². The minimum atomic E-state index is -0.454. The summed E-state index contributed by atoms with van der Waals surface area (Å²) < 4.78 is 18.8. The van der Waals surface area contributed by atoms with Crippen molar-refractivity contribution in [2.75, 3.05) is 6.54 Å². The zero-order chi connectivity index (χ0) is 16.7. The molecule has 1 amide bonds. The molecule has 0 bridgehead atoms. The number of halogens is 2. The number of hydrogen-bond donors (Lipinski definition) is 2. The van der Waals surface area contributed by atoms with E-state index in [-0.39, 0.29) is 10.9 Å². The molecular formula is C17H15ClFN3O2. The van der Waals surface area contributed by atoms with Gasteiger partial charge in [-0.3, -0.25) is 4.79 Å². The molecule has 1 aromatic carbocycles. The molecule has 0 radical (unpaired) electrons. The molecular weight excluding hydrogens is 333 g/mol. The number of oxazole rings is 1. The number of amides is 1. The molecule has 1 saturated carbocycles. The average molecular weight is 348 g/mol. The first-order chi connectivity index (χ1) is 11.6. The highest BCUT2D eigenvalue weighted by Crippen LogP contribution is 2.41. The molecule has 4 rings (SSSR count). The van der Waals surface area contributed by atoms with Crippen molar-refractivity contribution in [2.24, 2.45) is 0 Å². The van der Waals surface area contributed by atoms with E-state index in [1.165, 1.54) is 12.5 Å². The standard InChI is InChI=1S/C17H15ClFN3O2/c18-12-5-11-10(7-21-14(11)6-13(12)19)3-4-20-17(23)15-16(9-1-2-9)24-8-22-15/h5-9,21H,1-4H2,(H,20,23). The van der Waals surface area contributed by atoms with Gasteiger partial charge in [-0.15, -0.1) is 0 Å². The summed E-state index contributed by atoms with van der Waals surface area (Å²) in [5.41, 5.74) is 2.03. The Hall–Kier alpha value is -2.34. The number of nitrogens with one attached hydrogen (secondary N) is 2. The highest BCUT2D eigenvalue weighted by atomic mass is 35.5. The summed E-state index contributed by atoms with van der Waals surface area (Å²) in [5.74, 6) is 0.333. The van der Waals surface area contributed by atoms with Gasteiger partial charge in [0.15, 0.2) is 12.1 Å². The second-order valence-corrected chi connectivity index (χ2v) is 6.38. The predicted molar refractivity (Wildman–Crippen MR) is 87.8 cm³/mol. The van der Waals surface area contributed by atoms with Crippen molar-refractivity contribution in [1.82, 2.24) is 15.3 Å². The maximum atomic E-state index is 13.5. The Morgan fingerprint density at radius 1 is 1.46 bits per heavy atom. The fourth-order valence-corrected chi connectivity index (χ4v) is 3.00. The van der Waals surface area contributed by atoms with Crippen molar-refractivity contribution in [2.45, 2.75) is 25.2 Å². The van der Waals surface area contributed by atoms with Crippen molar-refractivity contribution < 1.29 is 13.6 Å². The molecule has 1 fully saturated rings. The minimum Gasteiger partial charge on any atom is -0.447 e. The Bertz CT molecular complexity index is 914. The van der Waals surface area contributed by atoms with Gasteiger partial charge in [-0.05, 0) is 37.0 Å². The number of aromatic amines is 1. The van der Waals surface area contributed by atoms with Gasteiger partial charge >= 0.3 is 0 Å². The molecule has 3 aromatic rings. The van der Waals surface area contributed by atoms with E-state index in [9.17, 15) is 9.18 Å². The zero-order valence-corrected chi connectivity index (χ0v) is 13.5. The minimum absolute atomic E-state index is 0.0871. The van der Waals surface area contributed by atoms with Crippen LogP contribution in [0.2, 0.25) is 5.02 Å². The summed E-state index contributed by atoms with van der Waals surface area (Å²) in [6.45, 7) is 0.442. The quantitative estimate of drug-likeness (QED) is 0.737. The number of H-pyrrole nitrogens is 1. The summed E-state index contributed by atoms with van der Waals surface area (Å²) in [5, 5.41) is 3.80. The van der Waals surface area contributed by atoms with Crippen molar-refractivity contribution in [3.8, 4) is 0 Å². The van der Waals surface area contributed by atoms with E-state index >= 15 is 0 Å². The lowest BCUT2D eigenvalue weighted by atomic mass is 10.1. The Kier molecular flexibility index (Phi) is 3.76. The first-order valence-corrected chi connectivity index (χ1v) is 8.18. The van der Waals surface area contributed by atoms with Gasteiger partial charge in [0.05, 0.1) is 5.02 Å². The van der Waals surface area contributed by atoms with E-state index < -0.39 is 5.82 Å². The van der Waals surface area contributed by atoms with Gasteiger partial charge in [0, 0.05) is 29.6 Å². The van der Waals surface area contributed by atoms with Crippen molar-refractivity contribution in [1.29, 1.82) is 0 Å². The summed E-state index contributed by atoms with van der Waals surface area (Å²) in [7, 11) is 0. The van der Waals surface area contributed by atoms with Crippen LogP contribution in [0.5, 0.6) is 0 Å². The van der Waals surface area contributed by atoms with Crippen molar-refractivity contribution >= 4 is 28.4 Å². The Balaban J connectivity index is 1.43. The fourth-order valence-electron chi connectivity index (χ4n) is 2.84. The van der Waals surface area contributed by atoms with Crippen LogP contribution in [0.25, 0.3) is 10.9 Å². The second-order valence-electron chi connectivity index (χ2n) is 5.97. The van der Waals surface area contributed by atoms with E-state index in [0.717, 1.165) is 23.8 Å². The molecule has 0 unspecified atom stereocenters. The lowest BCUT2D eigenvalue weighted by molar-refractivity contribution is 0.0947. The second kappa shape index (κ2) is 5.94. The third-order valence-electron chi connectivity index (χ3n) is 4.25. The molecule has 2 aromatic heterocycles. The summed E-state index contributed by atoms with van der Waals surface area (Å²) in [4.78, 5) is 19.3. The molecule has 0 atom stereocenters. The van der Waals surface area contributed by atoms with Crippen molar-refractivity contribution in [3.63, 3.8) is 0 Å². The van der Waals surface area contributed by atoms with E-state index in [2.05, 4.69) is 15.3 Å². The monoisotopic (exact) mass is 347 g/mol. The largest absolute Gasteiger partial charge is 0.447 e. The normalized spacial score (nSPS) is 14.2. The van der Waals surface area contributed by atoms with Gasteiger partial charge in [0.1, 0.15) is 11.6 Å². The highest BCUT2D eigenvalue weighted by molar-refractivity contribution is 6.31. The lowest BCUT2D eigenvalue weighted by Gasteiger charge is -2.04. The number of rotatable bonds is 5. The number of hydrogen-bond acceptors (Lipinski definition) is 3. The van der Waals surface area contributed by atoms with Gasteiger partial charge in [-0.25, -0.2) is 9.37 Å². The number of aromatic nitrogens is 2. The Morgan fingerprint density at radius 2 is 2.29 bits per heavy atom. The summed E-state index contributed by atoms with van der Waals surface area (Å²) in [6.07, 6.45) is 5.81. The molecule has 0 spiro atoms. The molecule has 7 heteroatoms. The van der Waals surface area contributed by atoms with Crippen LogP contribution >= 0.6 is 11.6 Å². The molecule has 24 heavy (non-hydrogen) atoms. The van der Waals surface area contributed by atoms with Gasteiger partial charge in [0.2, 0.25) is 0 Å². The van der Waals surface area contributed by atoms with E-state index in [1.54, 1.807) is 12.3 Å². The molecule has 1 aliphatic carbocycles. The number of nitrogens with zero attached hydrogens (tertiary/aromatic N) is 1. The molecule has 2 heterocycles. The summed E-state index contributed by atoms with van der Waals surface area (Å²) >= 11 is 5.84. The lowest BCUT2D eigenvalue weighted by Crippen LogP contribution is -2.26. The fraction of sp³-hybridized carbons (Fsp3) is 0.294. The Morgan fingerprint density at radius 3 is 3.08 bits per heavy atom. The van der Waals surface area contributed by atoms with Gasteiger partial charge < -0.3 is 14.7 Å². The van der Waals surface area contributed by atoms with Crippen LogP contribution in [-0.4, -0.2) is 22.4 Å². The van der Waals surface area contributed by atoms with Crippen LogP contribution in [0, 0.1) is 5.82 Å².